The molecule has 1 N–H and O–H groups in total. The third kappa shape index (κ3) is 4.23. The molecule has 2 saturated heterocycles. The zero-order valence-corrected chi connectivity index (χ0v) is 17.5. The molecule has 2 aliphatic heterocycles. The normalized spacial score (nSPS) is 20.6. The van der Waals surface area contributed by atoms with Gasteiger partial charge in [-0.1, -0.05) is 0 Å². The maximum atomic E-state index is 14.3. The van der Waals surface area contributed by atoms with Crippen LogP contribution in [0.4, 0.5) is 15.9 Å². The van der Waals surface area contributed by atoms with Gasteiger partial charge < -0.3 is 15.1 Å². The zero-order chi connectivity index (χ0) is 21.3. The van der Waals surface area contributed by atoms with E-state index >= 15 is 0 Å². The SMILES string of the molecule is CS(=O)(=O)c1ccc(N[C@H]2CCN(C3CCN(c4cnccn4)CC3)C2=O)c(F)c1. The van der Waals surface area contributed by atoms with Crippen molar-refractivity contribution in [1.82, 2.24) is 14.9 Å². The van der Waals surface area contributed by atoms with Crippen LogP contribution in [0, 0.1) is 5.82 Å². The molecule has 0 bridgehead atoms. The van der Waals surface area contributed by atoms with Gasteiger partial charge in [-0.3, -0.25) is 9.78 Å². The average molecular weight is 434 g/mol. The maximum absolute atomic E-state index is 14.3. The predicted octanol–water partition coefficient (Wildman–Crippen LogP) is 1.70. The van der Waals surface area contributed by atoms with Gasteiger partial charge in [-0.15, -0.1) is 0 Å². The molecule has 1 amide bonds. The van der Waals surface area contributed by atoms with Gasteiger partial charge in [0.1, 0.15) is 17.7 Å². The fourth-order valence-electron chi connectivity index (χ4n) is 4.09. The lowest BCUT2D eigenvalue weighted by Gasteiger charge is -2.37. The number of benzene rings is 1. The van der Waals surface area contributed by atoms with Gasteiger partial charge in [0.05, 0.1) is 16.8 Å². The summed E-state index contributed by atoms with van der Waals surface area (Å²) in [5.41, 5.74) is 0.139. The quantitative estimate of drug-likeness (QED) is 0.767. The van der Waals surface area contributed by atoms with Crippen LogP contribution in [0.2, 0.25) is 0 Å². The third-order valence-corrected chi connectivity index (χ3v) is 6.83. The molecule has 0 spiro atoms. The minimum Gasteiger partial charge on any atom is -0.371 e. The molecule has 0 saturated carbocycles. The molecule has 1 atom stereocenters. The largest absolute Gasteiger partial charge is 0.371 e. The number of piperidine rings is 1. The number of hydrogen-bond donors (Lipinski definition) is 1. The Morgan fingerprint density at radius 2 is 1.90 bits per heavy atom. The second-order valence-corrected chi connectivity index (χ2v) is 9.73. The van der Waals surface area contributed by atoms with Crippen LogP contribution in [-0.4, -0.2) is 67.2 Å². The summed E-state index contributed by atoms with van der Waals surface area (Å²) in [6, 6.07) is 3.34. The second-order valence-electron chi connectivity index (χ2n) is 7.71. The topological polar surface area (TPSA) is 95.5 Å². The van der Waals surface area contributed by atoms with E-state index < -0.39 is 21.7 Å². The van der Waals surface area contributed by atoms with Crippen molar-refractivity contribution in [2.24, 2.45) is 0 Å². The van der Waals surface area contributed by atoms with Crippen molar-refractivity contribution in [2.45, 2.75) is 36.2 Å². The first kappa shape index (κ1) is 20.5. The van der Waals surface area contributed by atoms with E-state index in [0.29, 0.717) is 13.0 Å². The minimum absolute atomic E-state index is 0.0421. The van der Waals surface area contributed by atoms with Gasteiger partial charge in [0, 0.05) is 44.3 Å². The highest BCUT2D eigenvalue weighted by molar-refractivity contribution is 7.90. The number of nitrogens with one attached hydrogen (secondary N) is 1. The van der Waals surface area contributed by atoms with Crippen molar-refractivity contribution in [3.63, 3.8) is 0 Å². The number of hydrogen-bond acceptors (Lipinski definition) is 7. The van der Waals surface area contributed by atoms with E-state index in [2.05, 4.69) is 20.2 Å². The van der Waals surface area contributed by atoms with E-state index in [1.54, 1.807) is 18.6 Å². The van der Waals surface area contributed by atoms with Gasteiger partial charge in [-0.25, -0.2) is 17.8 Å². The van der Waals surface area contributed by atoms with Crippen LogP contribution < -0.4 is 10.2 Å². The van der Waals surface area contributed by atoms with Crippen molar-refractivity contribution in [1.29, 1.82) is 0 Å². The van der Waals surface area contributed by atoms with Crippen molar-refractivity contribution < 1.29 is 17.6 Å². The average Bonchev–Trinajstić information content (AvgIpc) is 3.10. The van der Waals surface area contributed by atoms with Gasteiger partial charge >= 0.3 is 0 Å². The Morgan fingerprint density at radius 1 is 1.13 bits per heavy atom. The van der Waals surface area contributed by atoms with E-state index in [4.69, 9.17) is 0 Å². The van der Waals surface area contributed by atoms with E-state index in [0.717, 1.165) is 44.1 Å². The van der Waals surface area contributed by atoms with Gasteiger partial charge in [0.15, 0.2) is 9.84 Å². The van der Waals surface area contributed by atoms with E-state index in [1.165, 1.54) is 12.1 Å². The summed E-state index contributed by atoms with van der Waals surface area (Å²) in [6.07, 6.45) is 8.34. The Hall–Kier alpha value is -2.75. The smallest absolute Gasteiger partial charge is 0.245 e. The Bertz CT molecular complexity index is 1030. The molecule has 1 aromatic heterocycles. The van der Waals surface area contributed by atoms with Crippen LogP contribution in [0.5, 0.6) is 0 Å². The summed E-state index contributed by atoms with van der Waals surface area (Å²) < 4.78 is 37.5. The summed E-state index contributed by atoms with van der Waals surface area (Å²) in [5, 5.41) is 2.95. The summed E-state index contributed by atoms with van der Waals surface area (Å²) in [4.78, 5) is 25.3. The Labute approximate surface area is 175 Å². The lowest BCUT2D eigenvalue weighted by atomic mass is 10.0. The molecule has 0 unspecified atom stereocenters. The molecule has 160 valence electrons. The number of nitrogens with zero attached hydrogens (tertiary/aromatic N) is 4. The molecule has 8 nitrogen and oxygen atoms in total. The monoisotopic (exact) mass is 433 g/mol. The van der Waals surface area contributed by atoms with Gasteiger partial charge in [-0.2, -0.15) is 0 Å². The number of sulfone groups is 1. The van der Waals surface area contributed by atoms with Crippen LogP contribution in [0.3, 0.4) is 0 Å². The Kier molecular flexibility index (Phi) is 5.59. The molecule has 30 heavy (non-hydrogen) atoms. The summed E-state index contributed by atoms with van der Waals surface area (Å²) in [7, 11) is -3.48. The van der Waals surface area contributed by atoms with Crippen molar-refractivity contribution in [3.8, 4) is 0 Å². The van der Waals surface area contributed by atoms with E-state index in [1.807, 2.05) is 4.90 Å². The highest BCUT2D eigenvalue weighted by Gasteiger charge is 2.37. The number of carbonyl (C=O) groups excluding carboxylic acids is 1. The predicted molar refractivity (Wildman–Crippen MR) is 111 cm³/mol. The molecule has 0 radical (unpaired) electrons. The molecule has 0 aliphatic carbocycles. The summed E-state index contributed by atoms with van der Waals surface area (Å²) in [6.45, 7) is 2.22. The van der Waals surface area contributed by atoms with Crippen LogP contribution in [0.15, 0.2) is 41.7 Å². The first-order chi connectivity index (χ1) is 14.3. The first-order valence-corrected chi connectivity index (χ1v) is 11.8. The Balaban J connectivity index is 1.37. The number of anilines is 2. The molecule has 3 heterocycles. The molecular weight excluding hydrogens is 409 g/mol. The van der Waals surface area contributed by atoms with Crippen LogP contribution in [-0.2, 0) is 14.6 Å². The lowest BCUT2D eigenvalue weighted by molar-refractivity contribution is -0.130. The molecule has 2 aliphatic rings. The lowest BCUT2D eigenvalue weighted by Crippen LogP contribution is -2.47. The Morgan fingerprint density at radius 3 is 2.53 bits per heavy atom. The van der Waals surface area contributed by atoms with E-state index in [-0.39, 0.29) is 22.5 Å². The van der Waals surface area contributed by atoms with Crippen LogP contribution in [0.25, 0.3) is 0 Å². The van der Waals surface area contributed by atoms with Gasteiger partial charge in [-0.05, 0) is 37.5 Å². The highest BCUT2D eigenvalue weighted by atomic mass is 32.2. The molecule has 1 aromatic carbocycles. The fraction of sp³-hybridized carbons (Fsp3) is 0.450. The third-order valence-electron chi connectivity index (χ3n) is 5.72. The van der Waals surface area contributed by atoms with Crippen LogP contribution >= 0.6 is 0 Å². The van der Waals surface area contributed by atoms with Crippen LogP contribution in [0.1, 0.15) is 19.3 Å². The van der Waals surface area contributed by atoms with E-state index in [9.17, 15) is 17.6 Å². The summed E-state index contributed by atoms with van der Waals surface area (Å²) in [5.74, 6) is 0.122. The molecule has 2 fully saturated rings. The standard InChI is InChI=1S/C20H24FN5O3S/c1-30(28,29)15-2-3-17(16(21)12-15)24-18-6-11-26(20(18)27)14-4-9-25(10-5-14)19-13-22-7-8-23-19/h2-3,7-8,12-14,18,24H,4-6,9-11H2,1H3/t18-/m0/s1. The number of likely N-dealkylation sites (tertiary alicyclic amines) is 1. The number of carbonyl (C=O) groups is 1. The van der Waals surface area contributed by atoms with Crippen molar-refractivity contribution in [2.75, 3.05) is 36.1 Å². The van der Waals surface area contributed by atoms with Crippen molar-refractivity contribution >= 4 is 27.2 Å². The zero-order valence-electron chi connectivity index (χ0n) is 16.7. The molecule has 2 aromatic rings. The number of amides is 1. The van der Waals surface area contributed by atoms with Gasteiger partial charge in [0.2, 0.25) is 5.91 Å². The molecule has 10 heteroatoms. The maximum Gasteiger partial charge on any atom is 0.245 e. The number of aromatic nitrogens is 2. The summed E-state index contributed by atoms with van der Waals surface area (Å²) >= 11 is 0. The second kappa shape index (κ2) is 8.17. The molecule has 4 rings (SSSR count). The minimum atomic E-state index is -3.48. The highest BCUT2D eigenvalue weighted by Crippen LogP contribution is 2.27. The first-order valence-electron chi connectivity index (χ1n) is 9.90. The van der Waals surface area contributed by atoms with Crippen molar-refractivity contribution in [3.05, 3.63) is 42.6 Å². The van der Waals surface area contributed by atoms with Gasteiger partial charge in [0.25, 0.3) is 0 Å². The number of halogens is 1. The number of rotatable bonds is 5. The fourth-order valence-corrected chi connectivity index (χ4v) is 4.72. The molecular formula is C20H24FN5O3S.